The quantitative estimate of drug-likeness (QED) is 0.500. The Balaban J connectivity index is 2.08. The van der Waals surface area contributed by atoms with E-state index in [1.807, 2.05) is 0 Å². The molecule has 0 bridgehead atoms. The summed E-state index contributed by atoms with van der Waals surface area (Å²) in [5.74, 6) is 0.677. The molecular weight excluding hydrogens is 268 g/mol. The van der Waals surface area contributed by atoms with Crippen molar-refractivity contribution in [2.45, 2.75) is 31.3 Å². The minimum Gasteiger partial charge on any atom is -0.467 e. The number of hydrogen-bond donors (Lipinski definition) is 4. The molecule has 1 aliphatic heterocycles. The topological polar surface area (TPSA) is 130 Å². The van der Waals surface area contributed by atoms with Crippen LogP contribution in [-0.2, 0) is 4.74 Å². The Labute approximate surface area is 115 Å². The Morgan fingerprint density at radius 1 is 1.30 bits per heavy atom. The van der Waals surface area contributed by atoms with Crippen LogP contribution >= 0.6 is 0 Å². The molecule has 0 amide bonds. The van der Waals surface area contributed by atoms with Gasteiger partial charge in [0.15, 0.2) is 0 Å². The molecule has 1 fully saturated rings. The number of aliphatic hydroxyl groups excluding tert-OH is 3. The van der Waals surface area contributed by atoms with Crippen LogP contribution in [0.15, 0.2) is 0 Å². The molecule has 9 heteroatoms. The Hall–Kier alpha value is -1.55. The van der Waals surface area contributed by atoms with Gasteiger partial charge >= 0.3 is 6.01 Å². The fourth-order valence-electron chi connectivity index (χ4n) is 1.95. The maximum absolute atomic E-state index is 9.99. The average molecular weight is 286 g/mol. The Morgan fingerprint density at radius 2 is 2.05 bits per heavy atom. The monoisotopic (exact) mass is 286 g/mol. The fourth-order valence-corrected chi connectivity index (χ4v) is 1.95. The zero-order valence-electron chi connectivity index (χ0n) is 11.2. The second-order valence-corrected chi connectivity index (χ2v) is 4.48. The smallest absolute Gasteiger partial charge is 0.321 e. The lowest BCUT2D eigenvalue weighted by Gasteiger charge is -2.37. The molecule has 0 aliphatic carbocycles. The Morgan fingerprint density at radius 3 is 2.70 bits per heavy atom. The molecular formula is C11H18N4O5. The summed E-state index contributed by atoms with van der Waals surface area (Å²) in [4.78, 5) is 12.0. The van der Waals surface area contributed by atoms with E-state index in [1.165, 1.54) is 7.11 Å². The minimum absolute atomic E-state index is 0.108. The number of anilines is 1. The first-order chi connectivity index (χ1) is 9.55. The number of aliphatic hydroxyl groups is 3. The van der Waals surface area contributed by atoms with Crippen LogP contribution < -0.4 is 10.1 Å². The van der Waals surface area contributed by atoms with E-state index in [0.29, 0.717) is 5.82 Å². The van der Waals surface area contributed by atoms with Crippen LogP contribution in [0.4, 0.5) is 5.95 Å². The van der Waals surface area contributed by atoms with Crippen LogP contribution in [0.25, 0.3) is 0 Å². The van der Waals surface area contributed by atoms with E-state index in [-0.39, 0.29) is 25.2 Å². The Kier molecular flexibility index (Phi) is 4.65. The average Bonchev–Trinajstić information content (AvgIpc) is 2.43. The zero-order chi connectivity index (χ0) is 14.7. The Bertz CT molecular complexity index is 460. The van der Waals surface area contributed by atoms with Gasteiger partial charge in [-0.15, -0.1) is 0 Å². The molecule has 20 heavy (non-hydrogen) atoms. The first kappa shape index (κ1) is 14.9. The third-order valence-electron chi connectivity index (χ3n) is 3.04. The maximum atomic E-state index is 9.99. The summed E-state index contributed by atoms with van der Waals surface area (Å²) in [5.41, 5.74) is 0. The number of hydrogen-bond acceptors (Lipinski definition) is 9. The second-order valence-electron chi connectivity index (χ2n) is 4.48. The number of methoxy groups -OCH3 is 1. The molecule has 1 aromatic rings. The van der Waals surface area contributed by atoms with Gasteiger partial charge in [-0.25, -0.2) is 0 Å². The predicted octanol–water partition coefficient (Wildman–Crippen LogP) is -1.92. The van der Waals surface area contributed by atoms with Crippen molar-refractivity contribution in [3.05, 3.63) is 5.82 Å². The van der Waals surface area contributed by atoms with Gasteiger partial charge in [0.2, 0.25) is 5.95 Å². The van der Waals surface area contributed by atoms with Crippen LogP contribution in [0.3, 0.4) is 0 Å². The highest BCUT2D eigenvalue weighted by atomic mass is 16.5. The van der Waals surface area contributed by atoms with Crippen molar-refractivity contribution in [2.75, 3.05) is 25.6 Å². The van der Waals surface area contributed by atoms with Crippen LogP contribution in [0.5, 0.6) is 6.01 Å². The highest BCUT2D eigenvalue weighted by Gasteiger charge is 2.38. The van der Waals surface area contributed by atoms with Crippen molar-refractivity contribution in [3.8, 4) is 6.01 Å². The summed E-state index contributed by atoms with van der Waals surface area (Å²) in [6, 6.07) is -0.445. The van der Waals surface area contributed by atoms with Gasteiger partial charge in [0.1, 0.15) is 24.1 Å². The summed E-state index contributed by atoms with van der Waals surface area (Å²) in [7, 11) is 1.44. The molecule has 0 unspecified atom stereocenters. The molecule has 1 aromatic heterocycles. The van der Waals surface area contributed by atoms with Crippen molar-refractivity contribution in [1.29, 1.82) is 0 Å². The molecule has 2 heterocycles. The van der Waals surface area contributed by atoms with Gasteiger partial charge in [0.05, 0.1) is 26.4 Å². The van der Waals surface area contributed by atoms with E-state index in [4.69, 9.17) is 14.6 Å². The van der Waals surface area contributed by atoms with Gasteiger partial charge < -0.3 is 30.1 Å². The largest absolute Gasteiger partial charge is 0.467 e. The summed E-state index contributed by atoms with van der Waals surface area (Å²) in [6.07, 6.45) is -3.09. The molecule has 9 nitrogen and oxygen atoms in total. The van der Waals surface area contributed by atoms with Crippen LogP contribution in [-0.4, -0.2) is 74.9 Å². The van der Waals surface area contributed by atoms with E-state index in [1.54, 1.807) is 6.92 Å². The molecule has 0 radical (unpaired) electrons. The van der Waals surface area contributed by atoms with Gasteiger partial charge in [0, 0.05) is 0 Å². The van der Waals surface area contributed by atoms with E-state index >= 15 is 0 Å². The van der Waals surface area contributed by atoms with Crippen LogP contribution in [0.2, 0.25) is 0 Å². The SMILES string of the molecule is COc1nc(C)nc(N[C@H]2CO[C@H](CO)[C@H](O)[C@@H]2O)n1. The number of ether oxygens (including phenoxy) is 2. The second kappa shape index (κ2) is 6.27. The number of aryl methyl sites for hydroxylation is 1. The molecule has 4 N–H and O–H groups in total. The van der Waals surface area contributed by atoms with E-state index < -0.39 is 24.4 Å². The minimum atomic E-state index is -1.18. The van der Waals surface area contributed by atoms with E-state index in [0.717, 1.165) is 0 Å². The summed E-state index contributed by atoms with van der Waals surface area (Å²) < 4.78 is 10.2. The van der Waals surface area contributed by atoms with Crippen LogP contribution in [0.1, 0.15) is 5.82 Å². The summed E-state index contributed by atoms with van der Waals surface area (Å²) in [6.45, 7) is 1.43. The lowest BCUT2D eigenvalue weighted by Crippen LogP contribution is -2.56. The van der Waals surface area contributed by atoms with Gasteiger partial charge in [-0.2, -0.15) is 15.0 Å². The third kappa shape index (κ3) is 3.12. The first-order valence-electron chi connectivity index (χ1n) is 6.17. The molecule has 0 aromatic carbocycles. The van der Waals surface area contributed by atoms with Crippen molar-refractivity contribution < 1.29 is 24.8 Å². The van der Waals surface area contributed by atoms with E-state index in [2.05, 4.69) is 20.3 Å². The van der Waals surface area contributed by atoms with Gasteiger partial charge in [-0.3, -0.25) is 0 Å². The lowest BCUT2D eigenvalue weighted by atomic mass is 9.98. The van der Waals surface area contributed by atoms with Gasteiger partial charge in [-0.1, -0.05) is 0 Å². The van der Waals surface area contributed by atoms with Crippen molar-refractivity contribution in [3.63, 3.8) is 0 Å². The van der Waals surface area contributed by atoms with Gasteiger partial charge in [-0.05, 0) is 6.92 Å². The standard InChI is InChI=1S/C11H18N4O5/c1-5-12-10(15-11(13-5)19-2)14-6-4-20-7(3-16)9(18)8(6)17/h6-9,16-18H,3-4H2,1-2H3,(H,12,13,14,15)/t6-,7+,8+,9-/m0/s1. The molecule has 0 spiro atoms. The maximum Gasteiger partial charge on any atom is 0.321 e. The molecule has 2 rings (SSSR count). The fraction of sp³-hybridized carbons (Fsp3) is 0.727. The number of aromatic nitrogens is 3. The first-order valence-corrected chi connectivity index (χ1v) is 6.17. The lowest BCUT2D eigenvalue weighted by molar-refractivity contribution is -0.152. The highest BCUT2D eigenvalue weighted by molar-refractivity contribution is 5.28. The molecule has 112 valence electrons. The summed E-state index contributed by atoms with van der Waals surface area (Å²) >= 11 is 0. The number of nitrogens with one attached hydrogen (secondary N) is 1. The normalized spacial score (nSPS) is 30.1. The van der Waals surface area contributed by atoms with Crippen molar-refractivity contribution in [1.82, 2.24) is 15.0 Å². The molecule has 1 saturated heterocycles. The van der Waals surface area contributed by atoms with Crippen molar-refractivity contribution >= 4 is 5.95 Å². The molecule has 4 atom stereocenters. The molecule has 0 saturated carbocycles. The summed E-state index contributed by atoms with van der Waals surface area (Å²) in [5, 5.41) is 31.6. The third-order valence-corrected chi connectivity index (χ3v) is 3.04. The molecule has 1 aliphatic rings. The van der Waals surface area contributed by atoms with Crippen LogP contribution in [0, 0.1) is 6.92 Å². The highest BCUT2D eigenvalue weighted by Crippen LogP contribution is 2.18. The predicted molar refractivity (Wildman–Crippen MR) is 67.4 cm³/mol. The van der Waals surface area contributed by atoms with E-state index in [9.17, 15) is 10.2 Å². The zero-order valence-corrected chi connectivity index (χ0v) is 11.2. The van der Waals surface area contributed by atoms with Gasteiger partial charge in [0.25, 0.3) is 0 Å². The number of nitrogens with zero attached hydrogens (tertiary/aromatic N) is 3. The number of rotatable bonds is 4. The van der Waals surface area contributed by atoms with Crippen molar-refractivity contribution in [2.24, 2.45) is 0 Å².